The van der Waals surface area contributed by atoms with Crippen LogP contribution in [0.5, 0.6) is 28.7 Å². The highest BCUT2D eigenvalue weighted by Gasteiger charge is 2.49. The molecule has 0 bridgehead atoms. The van der Waals surface area contributed by atoms with Crippen LogP contribution >= 0.6 is 0 Å². The molecule has 0 saturated carbocycles. The third kappa shape index (κ3) is 4.31. The van der Waals surface area contributed by atoms with Crippen LogP contribution in [0.2, 0.25) is 0 Å². The van der Waals surface area contributed by atoms with Crippen LogP contribution in [0.4, 0.5) is 8.78 Å². The number of hydrogen-bond donors (Lipinski definition) is 1. The minimum Gasteiger partial charge on any atom is -0.497 e. The summed E-state index contributed by atoms with van der Waals surface area (Å²) in [5.74, 6) is 0.199. The molecule has 40 heavy (non-hydrogen) atoms. The Bertz CT molecular complexity index is 1530. The lowest BCUT2D eigenvalue weighted by Crippen LogP contribution is -2.46. The fourth-order valence-corrected chi connectivity index (χ4v) is 5.23. The smallest absolute Gasteiger partial charge is 0.497 e. The number of amides is 1. The highest BCUT2D eigenvalue weighted by molar-refractivity contribution is 5.91. The van der Waals surface area contributed by atoms with Crippen molar-refractivity contribution in [2.45, 2.75) is 37.2 Å². The van der Waals surface area contributed by atoms with Gasteiger partial charge < -0.3 is 33.7 Å². The monoisotopic (exact) mass is 553 g/mol. The summed E-state index contributed by atoms with van der Waals surface area (Å²) >= 11 is 0. The number of halogens is 2. The number of esters is 1. The van der Waals surface area contributed by atoms with Gasteiger partial charge in [0.05, 0.1) is 25.8 Å². The largest absolute Gasteiger partial charge is 0.586 e. The Morgan fingerprint density at radius 3 is 2.50 bits per heavy atom. The molecule has 0 radical (unpaired) electrons. The number of carbonyl (C=O) groups is 2. The summed E-state index contributed by atoms with van der Waals surface area (Å²) in [6, 6.07) is 14.4. The maximum absolute atomic E-state index is 13.8. The molecule has 3 aromatic carbocycles. The molecule has 1 N–H and O–H groups in total. The molecule has 3 atom stereocenters. The van der Waals surface area contributed by atoms with Crippen molar-refractivity contribution in [3.05, 3.63) is 76.9 Å². The van der Waals surface area contributed by atoms with E-state index in [9.17, 15) is 18.4 Å². The fourth-order valence-electron chi connectivity index (χ4n) is 5.23. The second-order valence-corrected chi connectivity index (χ2v) is 9.97. The van der Waals surface area contributed by atoms with E-state index in [2.05, 4.69) is 14.8 Å². The van der Waals surface area contributed by atoms with Crippen molar-refractivity contribution in [2.24, 2.45) is 0 Å². The van der Waals surface area contributed by atoms with Crippen molar-refractivity contribution in [2.75, 3.05) is 20.8 Å². The van der Waals surface area contributed by atoms with Gasteiger partial charge in [-0.3, -0.25) is 4.79 Å². The van der Waals surface area contributed by atoms with E-state index in [0.29, 0.717) is 29.0 Å². The predicted octanol–water partition coefficient (Wildman–Crippen LogP) is 4.83. The highest BCUT2D eigenvalue weighted by atomic mass is 19.3. The van der Waals surface area contributed by atoms with Gasteiger partial charge in [0.25, 0.3) is 0 Å². The molecule has 208 valence electrons. The van der Waals surface area contributed by atoms with Gasteiger partial charge >= 0.3 is 12.3 Å². The summed E-state index contributed by atoms with van der Waals surface area (Å²) in [6.07, 6.45) is -3.94. The third-order valence-electron chi connectivity index (χ3n) is 7.42. The molecule has 0 aliphatic carbocycles. The van der Waals surface area contributed by atoms with E-state index < -0.39 is 29.8 Å². The van der Waals surface area contributed by atoms with Crippen LogP contribution in [0, 0.1) is 0 Å². The number of alkyl halides is 2. The predicted molar refractivity (Wildman–Crippen MR) is 135 cm³/mol. The number of nitrogens with one attached hydrogen (secondary N) is 1. The summed E-state index contributed by atoms with van der Waals surface area (Å²) in [5.41, 5.74) is 1.05. The molecule has 1 amide bonds. The first-order valence-corrected chi connectivity index (χ1v) is 12.5. The zero-order valence-electron chi connectivity index (χ0n) is 21.8. The average Bonchev–Trinajstić information content (AvgIpc) is 3.44. The SMILES string of the molecule is COC(=O)c1cccc([C@H]2C[C@@H](NC(=O)C3(C)COc4cc5c(cc43)OC(F)(F)O5)c3ccc(OC)cc3O2)c1. The van der Waals surface area contributed by atoms with Crippen LogP contribution < -0.4 is 29.0 Å². The number of carbonyl (C=O) groups excluding carboxylic acids is 2. The molecule has 3 heterocycles. The minimum atomic E-state index is -3.79. The lowest BCUT2D eigenvalue weighted by Gasteiger charge is -2.35. The van der Waals surface area contributed by atoms with Crippen molar-refractivity contribution in [1.29, 1.82) is 0 Å². The van der Waals surface area contributed by atoms with Gasteiger partial charge in [-0.05, 0) is 42.8 Å². The topological polar surface area (TPSA) is 102 Å². The molecular formula is C29H25F2NO8. The standard InChI is InChI=1S/C29H25F2NO8/c1-28(14-37-23-13-25-24(11-19(23)28)39-29(30,31)40-25)27(34)32-20-12-21(15-5-4-6-16(9-15)26(33)36-3)38-22-10-17(35-2)7-8-18(20)22/h4-11,13,20-21H,12,14H2,1-3H3,(H,32,34)/t20-,21-,28?/m1/s1. The second-order valence-electron chi connectivity index (χ2n) is 9.97. The first-order valence-electron chi connectivity index (χ1n) is 12.5. The lowest BCUT2D eigenvalue weighted by atomic mass is 9.82. The summed E-state index contributed by atoms with van der Waals surface area (Å²) < 4.78 is 58.6. The van der Waals surface area contributed by atoms with Crippen LogP contribution in [-0.2, 0) is 14.9 Å². The number of rotatable bonds is 5. The maximum atomic E-state index is 13.8. The van der Waals surface area contributed by atoms with Crippen molar-refractivity contribution >= 4 is 11.9 Å². The Kier molecular flexibility index (Phi) is 5.97. The number of methoxy groups -OCH3 is 2. The van der Waals surface area contributed by atoms with E-state index in [0.717, 1.165) is 11.1 Å². The van der Waals surface area contributed by atoms with Crippen molar-refractivity contribution < 1.29 is 46.8 Å². The van der Waals surface area contributed by atoms with Crippen molar-refractivity contribution in [1.82, 2.24) is 5.32 Å². The van der Waals surface area contributed by atoms with Crippen LogP contribution in [-0.4, -0.2) is 39.0 Å². The second kappa shape index (κ2) is 9.29. The van der Waals surface area contributed by atoms with E-state index in [1.807, 2.05) is 12.1 Å². The Morgan fingerprint density at radius 2 is 1.75 bits per heavy atom. The van der Waals surface area contributed by atoms with Gasteiger partial charge in [-0.25, -0.2) is 4.79 Å². The van der Waals surface area contributed by atoms with E-state index in [-0.39, 0.29) is 29.8 Å². The normalized spacial score (nSPS) is 23.2. The molecule has 3 aromatic rings. The van der Waals surface area contributed by atoms with Gasteiger partial charge in [0.2, 0.25) is 5.91 Å². The van der Waals surface area contributed by atoms with Gasteiger partial charge in [-0.2, -0.15) is 0 Å². The van der Waals surface area contributed by atoms with E-state index in [1.54, 1.807) is 44.4 Å². The van der Waals surface area contributed by atoms with Crippen LogP contribution in [0.15, 0.2) is 54.6 Å². The number of ether oxygens (including phenoxy) is 6. The molecule has 0 aromatic heterocycles. The zero-order valence-corrected chi connectivity index (χ0v) is 21.8. The molecule has 0 spiro atoms. The minimum absolute atomic E-state index is 0.00323. The Morgan fingerprint density at radius 1 is 0.975 bits per heavy atom. The van der Waals surface area contributed by atoms with Gasteiger partial charge in [-0.15, -0.1) is 8.78 Å². The first-order chi connectivity index (χ1) is 19.1. The number of hydrogen-bond acceptors (Lipinski definition) is 8. The molecule has 0 saturated heterocycles. The zero-order chi connectivity index (χ0) is 28.2. The molecule has 1 unspecified atom stereocenters. The molecule has 11 heteroatoms. The van der Waals surface area contributed by atoms with Crippen molar-refractivity contribution in [3.63, 3.8) is 0 Å². The Labute approximate surface area is 227 Å². The van der Waals surface area contributed by atoms with Crippen LogP contribution in [0.25, 0.3) is 0 Å². The number of fused-ring (bicyclic) bond motifs is 3. The lowest BCUT2D eigenvalue weighted by molar-refractivity contribution is -0.286. The van der Waals surface area contributed by atoms with Gasteiger partial charge in [0, 0.05) is 29.7 Å². The molecule has 3 aliphatic heterocycles. The van der Waals surface area contributed by atoms with Crippen LogP contribution in [0.3, 0.4) is 0 Å². The molecule has 0 fully saturated rings. The quantitative estimate of drug-likeness (QED) is 0.449. The van der Waals surface area contributed by atoms with Gasteiger partial charge in [0.15, 0.2) is 11.5 Å². The van der Waals surface area contributed by atoms with Gasteiger partial charge in [-0.1, -0.05) is 12.1 Å². The molecule has 3 aliphatic rings. The average molecular weight is 554 g/mol. The summed E-state index contributed by atoms with van der Waals surface area (Å²) in [5, 5.41) is 3.12. The van der Waals surface area contributed by atoms with E-state index >= 15 is 0 Å². The molecule has 9 nitrogen and oxygen atoms in total. The Hall–Kier alpha value is -4.54. The van der Waals surface area contributed by atoms with Crippen LogP contribution in [0.1, 0.15) is 52.5 Å². The first kappa shape index (κ1) is 25.7. The van der Waals surface area contributed by atoms with E-state index in [4.69, 9.17) is 18.9 Å². The fraction of sp³-hybridized carbons (Fsp3) is 0.310. The highest BCUT2D eigenvalue weighted by Crippen LogP contribution is 2.50. The maximum Gasteiger partial charge on any atom is 0.586 e. The van der Waals surface area contributed by atoms with Crippen molar-refractivity contribution in [3.8, 4) is 28.7 Å². The van der Waals surface area contributed by atoms with E-state index in [1.165, 1.54) is 19.2 Å². The van der Waals surface area contributed by atoms with Gasteiger partial charge in [0.1, 0.15) is 35.4 Å². The summed E-state index contributed by atoms with van der Waals surface area (Å²) in [4.78, 5) is 26.0. The summed E-state index contributed by atoms with van der Waals surface area (Å²) in [7, 11) is 2.85. The Balaban J connectivity index is 1.31. The molecule has 6 rings (SSSR count). The summed E-state index contributed by atoms with van der Waals surface area (Å²) in [6.45, 7) is 1.68. The third-order valence-corrected chi connectivity index (χ3v) is 7.42. The number of benzene rings is 3. The molecular weight excluding hydrogens is 528 g/mol.